The molecule has 1 heterocycles. The van der Waals surface area contributed by atoms with E-state index in [-0.39, 0.29) is 16.8 Å². The largest absolute Gasteiger partial charge is 0.349 e. The number of carbonyl (C=O) groups is 1. The van der Waals surface area contributed by atoms with Gasteiger partial charge in [-0.25, -0.2) is 0 Å². The lowest BCUT2D eigenvalue weighted by Gasteiger charge is -2.43. The van der Waals surface area contributed by atoms with Crippen LogP contribution in [0.4, 0.5) is 0 Å². The minimum atomic E-state index is -0.511. The maximum Gasteiger partial charge on any atom is 0.184 e. The molecule has 3 bridgehead atoms. The molecule has 16 heavy (non-hydrogen) atoms. The summed E-state index contributed by atoms with van der Waals surface area (Å²) in [6.07, 6.45) is 3.49. The van der Waals surface area contributed by atoms with E-state index >= 15 is 0 Å². The van der Waals surface area contributed by atoms with E-state index in [1.54, 1.807) is 0 Å². The lowest BCUT2D eigenvalue weighted by atomic mass is 9.70. The van der Waals surface area contributed by atoms with Crippen LogP contribution < -0.4 is 0 Å². The number of rotatable bonds is 3. The molecule has 0 aromatic heterocycles. The van der Waals surface area contributed by atoms with E-state index < -0.39 is 5.79 Å². The molecule has 0 N–H and O–H groups in total. The quantitative estimate of drug-likeness (QED) is 0.748. The van der Waals surface area contributed by atoms with E-state index in [1.165, 1.54) is 0 Å². The summed E-state index contributed by atoms with van der Waals surface area (Å²) in [5, 5.41) is 0. The normalized spacial score (nSPS) is 50.0. The zero-order valence-corrected chi connectivity index (χ0v) is 11.0. The molecule has 0 aromatic carbocycles. The summed E-state index contributed by atoms with van der Waals surface area (Å²) in [5.41, 5.74) is 0. The van der Waals surface area contributed by atoms with Gasteiger partial charge in [-0.15, -0.1) is 0 Å². The average molecular weight is 289 g/mol. The Morgan fingerprint density at radius 3 is 3.06 bits per heavy atom. The zero-order chi connectivity index (χ0) is 11.3. The molecule has 4 heteroatoms. The summed E-state index contributed by atoms with van der Waals surface area (Å²) in [7, 11) is 0. The van der Waals surface area contributed by atoms with Crippen molar-refractivity contribution in [2.24, 2.45) is 11.8 Å². The Balaban J connectivity index is 1.90. The second kappa shape index (κ2) is 3.79. The van der Waals surface area contributed by atoms with Crippen molar-refractivity contribution in [3.8, 4) is 0 Å². The highest BCUT2D eigenvalue weighted by Gasteiger charge is 2.63. The Hall–Kier alpha value is 0.0700. The standard InChI is InChI=1S/C12H17BrO3/c1-2-3-15-12-8-4-7(5-10(12)13)11(14)9(6-8)16-12/h7-10H,2-6H2,1H3/t7-,8-,9-,10+,12+/m1/s1. The van der Waals surface area contributed by atoms with Gasteiger partial charge in [0.25, 0.3) is 0 Å². The van der Waals surface area contributed by atoms with Gasteiger partial charge in [-0.05, 0) is 25.7 Å². The molecule has 2 saturated carbocycles. The summed E-state index contributed by atoms with van der Waals surface area (Å²) in [6, 6.07) is 0. The molecule has 0 radical (unpaired) electrons. The maximum atomic E-state index is 12.0. The number of fused-ring (bicyclic) bond motifs is 2. The molecule has 3 fully saturated rings. The number of hydrogen-bond acceptors (Lipinski definition) is 3. The fraction of sp³-hybridized carbons (Fsp3) is 0.917. The first-order chi connectivity index (χ1) is 7.67. The van der Waals surface area contributed by atoms with Crippen LogP contribution in [-0.4, -0.2) is 29.1 Å². The van der Waals surface area contributed by atoms with Crippen LogP contribution in [0.5, 0.6) is 0 Å². The summed E-state index contributed by atoms with van der Waals surface area (Å²) < 4.78 is 12.0. The van der Waals surface area contributed by atoms with E-state index in [4.69, 9.17) is 9.47 Å². The van der Waals surface area contributed by atoms with Crippen molar-refractivity contribution in [1.29, 1.82) is 0 Å². The van der Waals surface area contributed by atoms with Crippen LogP contribution in [0.1, 0.15) is 32.6 Å². The van der Waals surface area contributed by atoms with Gasteiger partial charge in [0.15, 0.2) is 11.6 Å². The van der Waals surface area contributed by atoms with Crippen molar-refractivity contribution in [2.45, 2.75) is 49.3 Å². The maximum absolute atomic E-state index is 12.0. The number of halogens is 1. The lowest BCUT2D eigenvalue weighted by Crippen LogP contribution is -2.51. The molecule has 3 aliphatic rings. The van der Waals surface area contributed by atoms with E-state index in [0.29, 0.717) is 18.3 Å². The third-order valence-corrected chi connectivity index (χ3v) is 5.15. The minimum Gasteiger partial charge on any atom is -0.349 e. The number of carbonyl (C=O) groups excluding carboxylic acids is 1. The Labute approximate surface area is 104 Å². The molecule has 0 aromatic rings. The van der Waals surface area contributed by atoms with E-state index in [2.05, 4.69) is 22.9 Å². The molecule has 3 rings (SSSR count). The number of ether oxygens (including phenoxy) is 2. The van der Waals surface area contributed by atoms with Gasteiger partial charge in [-0.1, -0.05) is 22.9 Å². The second-order valence-corrected chi connectivity index (χ2v) is 6.25. The predicted octanol–water partition coefficient (Wildman–Crippen LogP) is 2.27. The summed E-state index contributed by atoms with van der Waals surface area (Å²) in [5.74, 6) is 0.405. The number of hydrogen-bond donors (Lipinski definition) is 0. The Bertz CT molecular complexity index is 317. The van der Waals surface area contributed by atoms with Crippen LogP contribution in [0, 0.1) is 11.8 Å². The van der Waals surface area contributed by atoms with Crippen molar-refractivity contribution in [3.05, 3.63) is 0 Å². The van der Waals surface area contributed by atoms with Gasteiger partial charge in [0.05, 0.1) is 4.83 Å². The smallest absolute Gasteiger partial charge is 0.184 e. The van der Waals surface area contributed by atoms with Crippen molar-refractivity contribution >= 4 is 21.7 Å². The van der Waals surface area contributed by atoms with Gasteiger partial charge >= 0.3 is 0 Å². The molecule has 3 nitrogen and oxygen atoms in total. The Kier molecular flexibility index (Phi) is 2.64. The fourth-order valence-electron chi connectivity index (χ4n) is 3.41. The van der Waals surface area contributed by atoms with Crippen LogP contribution in [0.15, 0.2) is 0 Å². The number of Topliss-reactive ketones (excluding diaryl/α,β-unsaturated/α-hetero) is 1. The highest BCUT2D eigenvalue weighted by atomic mass is 79.9. The van der Waals surface area contributed by atoms with Crippen LogP contribution in [0.25, 0.3) is 0 Å². The average Bonchev–Trinajstić information content (AvgIpc) is 2.57. The molecule has 2 aliphatic carbocycles. The Morgan fingerprint density at radius 2 is 2.31 bits per heavy atom. The summed E-state index contributed by atoms with van der Waals surface area (Å²) in [6.45, 7) is 2.81. The van der Waals surface area contributed by atoms with E-state index in [9.17, 15) is 4.79 Å². The predicted molar refractivity (Wildman–Crippen MR) is 62.4 cm³/mol. The highest BCUT2D eigenvalue weighted by Crippen LogP contribution is 2.55. The Morgan fingerprint density at radius 1 is 1.50 bits per heavy atom. The van der Waals surface area contributed by atoms with Crippen molar-refractivity contribution in [1.82, 2.24) is 0 Å². The molecule has 1 saturated heterocycles. The third-order valence-electron chi connectivity index (χ3n) is 4.14. The highest BCUT2D eigenvalue weighted by molar-refractivity contribution is 9.09. The fourth-order valence-corrected chi connectivity index (χ4v) is 4.47. The molecule has 0 unspecified atom stereocenters. The van der Waals surface area contributed by atoms with Crippen LogP contribution in [-0.2, 0) is 14.3 Å². The third kappa shape index (κ3) is 1.36. The number of ketones is 1. The van der Waals surface area contributed by atoms with E-state index in [0.717, 1.165) is 25.7 Å². The molecular formula is C12H17BrO3. The molecular weight excluding hydrogens is 272 g/mol. The van der Waals surface area contributed by atoms with Crippen molar-refractivity contribution in [2.75, 3.05) is 6.61 Å². The zero-order valence-electron chi connectivity index (χ0n) is 9.45. The first kappa shape index (κ1) is 11.2. The van der Waals surface area contributed by atoms with Gasteiger partial charge in [0.1, 0.15) is 6.10 Å². The van der Waals surface area contributed by atoms with Gasteiger partial charge in [-0.2, -0.15) is 0 Å². The molecule has 1 aliphatic heterocycles. The molecule has 5 atom stereocenters. The minimum absolute atomic E-state index is 0.173. The van der Waals surface area contributed by atoms with Crippen LogP contribution in [0.3, 0.4) is 0 Å². The summed E-state index contributed by atoms with van der Waals surface area (Å²) >= 11 is 3.68. The monoisotopic (exact) mass is 288 g/mol. The van der Waals surface area contributed by atoms with Gasteiger partial charge in [-0.3, -0.25) is 4.79 Å². The molecule has 90 valence electrons. The van der Waals surface area contributed by atoms with Gasteiger partial charge < -0.3 is 9.47 Å². The molecule has 0 spiro atoms. The topological polar surface area (TPSA) is 35.5 Å². The molecule has 0 amide bonds. The first-order valence-electron chi connectivity index (χ1n) is 6.17. The van der Waals surface area contributed by atoms with Crippen molar-refractivity contribution in [3.63, 3.8) is 0 Å². The van der Waals surface area contributed by atoms with Gasteiger partial charge in [0, 0.05) is 18.4 Å². The lowest BCUT2D eigenvalue weighted by molar-refractivity contribution is -0.241. The SMILES string of the molecule is CCCO[C@]12O[C@@H]3C[C@H]1C[C@H](C[C@@H]2Br)C3=O. The van der Waals surface area contributed by atoms with Crippen LogP contribution in [0.2, 0.25) is 0 Å². The van der Waals surface area contributed by atoms with Crippen molar-refractivity contribution < 1.29 is 14.3 Å². The van der Waals surface area contributed by atoms with E-state index in [1.807, 2.05) is 0 Å². The number of alkyl halides is 1. The van der Waals surface area contributed by atoms with Crippen LogP contribution >= 0.6 is 15.9 Å². The second-order valence-electron chi connectivity index (χ2n) is 5.15. The summed E-state index contributed by atoms with van der Waals surface area (Å²) in [4.78, 5) is 12.2. The van der Waals surface area contributed by atoms with Gasteiger partial charge in [0.2, 0.25) is 0 Å². The first-order valence-corrected chi connectivity index (χ1v) is 7.08.